The van der Waals surface area contributed by atoms with E-state index in [2.05, 4.69) is 15.4 Å². The van der Waals surface area contributed by atoms with Crippen molar-refractivity contribution in [3.8, 4) is 5.75 Å². The third-order valence-corrected chi connectivity index (χ3v) is 4.88. The van der Waals surface area contributed by atoms with E-state index in [0.717, 1.165) is 0 Å². The standard InChI is InChI=1S/C22H20FN5O3/c1-31-19-9-5-3-7-16(19)21(29)24-10-11-28-20-17(12-26-28)22(30)27(14-25-20)13-15-6-2-4-8-18(15)23/h2-9,12,14H,10-11,13H2,1H3,(H,24,29). The minimum atomic E-state index is -0.379. The lowest BCUT2D eigenvalue weighted by molar-refractivity contribution is 0.0949. The summed E-state index contributed by atoms with van der Waals surface area (Å²) in [6.45, 7) is 0.691. The number of rotatable bonds is 7. The second-order valence-corrected chi connectivity index (χ2v) is 6.83. The van der Waals surface area contributed by atoms with Gasteiger partial charge in [-0.1, -0.05) is 30.3 Å². The molecule has 4 aromatic rings. The highest BCUT2D eigenvalue weighted by Crippen LogP contribution is 2.16. The average molecular weight is 421 g/mol. The molecular formula is C22H20FN5O3. The Kier molecular flexibility index (Phi) is 5.74. The van der Waals surface area contributed by atoms with Gasteiger partial charge in [-0.05, 0) is 18.2 Å². The number of carbonyl (C=O) groups excluding carboxylic acids is 1. The summed E-state index contributed by atoms with van der Waals surface area (Å²) in [6, 6.07) is 13.2. The van der Waals surface area contributed by atoms with Gasteiger partial charge in [0.05, 0.1) is 32.0 Å². The predicted octanol–water partition coefficient (Wildman–Crippen LogP) is 2.22. The summed E-state index contributed by atoms with van der Waals surface area (Å²) in [4.78, 5) is 29.5. The number of methoxy groups -OCH3 is 1. The number of carbonyl (C=O) groups is 1. The van der Waals surface area contributed by atoms with Crippen LogP contribution in [0.3, 0.4) is 0 Å². The molecule has 0 spiro atoms. The van der Waals surface area contributed by atoms with Gasteiger partial charge in [0.2, 0.25) is 0 Å². The molecule has 2 heterocycles. The third kappa shape index (κ3) is 4.16. The Hall–Kier alpha value is -4.01. The van der Waals surface area contributed by atoms with E-state index in [1.54, 1.807) is 47.1 Å². The minimum absolute atomic E-state index is 0.0780. The van der Waals surface area contributed by atoms with Crippen molar-refractivity contribution in [3.63, 3.8) is 0 Å². The quantitative estimate of drug-likeness (QED) is 0.494. The number of benzene rings is 2. The normalized spacial score (nSPS) is 10.9. The van der Waals surface area contributed by atoms with Crippen molar-refractivity contribution in [1.82, 2.24) is 24.6 Å². The molecule has 158 valence electrons. The first kappa shape index (κ1) is 20.3. The summed E-state index contributed by atoms with van der Waals surface area (Å²) >= 11 is 0. The molecule has 0 bridgehead atoms. The Morgan fingerprint density at radius 1 is 1.16 bits per heavy atom. The first-order valence-electron chi connectivity index (χ1n) is 9.64. The number of hydrogen-bond acceptors (Lipinski definition) is 5. The van der Waals surface area contributed by atoms with Crippen molar-refractivity contribution < 1.29 is 13.9 Å². The van der Waals surface area contributed by atoms with Gasteiger partial charge >= 0.3 is 0 Å². The topological polar surface area (TPSA) is 91.0 Å². The molecule has 8 nitrogen and oxygen atoms in total. The van der Waals surface area contributed by atoms with Gasteiger partial charge in [-0.15, -0.1) is 0 Å². The van der Waals surface area contributed by atoms with E-state index in [1.807, 2.05) is 0 Å². The van der Waals surface area contributed by atoms with Crippen molar-refractivity contribution in [2.45, 2.75) is 13.1 Å². The summed E-state index contributed by atoms with van der Waals surface area (Å²) in [5.41, 5.74) is 0.931. The fraction of sp³-hybridized carbons (Fsp3) is 0.182. The predicted molar refractivity (Wildman–Crippen MR) is 113 cm³/mol. The van der Waals surface area contributed by atoms with Crippen LogP contribution in [0, 0.1) is 5.82 Å². The van der Waals surface area contributed by atoms with E-state index in [0.29, 0.717) is 34.5 Å². The monoisotopic (exact) mass is 421 g/mol. The average Bonchev–Trinajstić information content (AvgIpc) is 3.20. The molecule has 0 atom stereocenters. The number of nitrogens with zero attached hydrogens (tertiary/aromatic N) is 4. The Morgan fingerprint density at radius 2 is 1.94 bits per heavy atom. The maximum absolute atomic E-state index is 13.9. The van der Waals surface area contributed by atoms with Crippen molar-refractivity contribution in [2.75, 3.05) is 13.7 Å². The van der Waals surface area contributed by atoms with Crippen molar-refractivity contribution >= 4 is 16.9 Å². The van der Waals surface area contributed by atoms with E-state index in [4.69, 9.17) is 4.74 Å². The van der Waals surface area contributed by atoms with Gasteiger partial charge < -0.3 is 10.1 Å². The summed E-state index contributed by atoms with van der Waals surface area (Å²) in [6.07, 6.45) is 2.81. The van der Waals surface area contributed by atoms with Crippen molar-refractivity contribution in [2.24, 2.45) is 0 Å². The van der Waals surface area contributed by atoms with Crippen LogP contribution in [0.15, 0.2) is 65.8 Å². The van der Waals surface area contributed by atoms with E-state index < -0.39 is 0 Å². The van der Waals surface area contributed by atoms with E-state index in [1.165, 1.54) is 30.3 Å². The minimum Gasteiger partial charge on any atom is -0.496 e. The smallest absolute Gasteiger partial charge is 0.264 e. The number of ether oxygens (including phenoxy) is 1. The van der Waals surface area contributed by atoms with Gasteiger partial charge in [0.15, 0.2) is 5.65 Å². The lowest BCUT2D eigenvalue weighted by Gasteiger charge is -2.10. The van der Waals surface area contributed by atoms with Crippen LogP contribution in [-0.2, 0) is 13.1 Å². The highest BCUT2D eigenvalue weighted by Gasteiger charge is 2.13. The summed E-state index contributed by atoms with van der Waals surface area (Å²) in [7, 11) is 1.51. The third-order valence-electron chi connectivity index (χ3n) is 4.88. The lowest BCUT2D eigenvalue weighted by Crippen LogP contribution is -2.28. The fourth-order valence-electron chi connectivity index (χ4n) is 3.29. The first-order valence-corrected chi connectivity index (χ1v) is 9.64. The molecule has 0 aliphatic heterocycles. The number of hydrogen-bond donors (Lipinski definition) is 1. The molecule has 9 heteroatoms. The highest BCUT2D eigenvalue weighted by atomic mass is 19.1. The highest BCUT2D eigenvalue weighted by molar-refractivity contribution is 5.96. The molecule has 0 unspecified atom stereocenters. The molecule has 4 rings (SSSR count). The zero-order valence-electron chi connectivity index (χ0n) is 16.8. The van der Waals surface area contributed by atoms with Crippen LogP contribution < -0.4 is 15.6 Å². The number of fused-ring (bicyclic) bond motifs is 1. The molecule has 1 amide bonds. The molecular weight excluding hydrogens is 401 g/mol. The fourth-order valence-corrected chi connectivity index (χ4v) is 3.29. The Morgan fingerprint density at radius 3 is 2.74 bits per heavy atom. The zero-order chi connectivity index (χ0) is 21.8. The second-order valence-electron chi connectivity index (χ2n) is 6.83. The number of amides is 1. The van der Waals surface area contributed by atoms with Gasteiger partial charge in [-0.2, -0.15) is 5.10 Å². The van der Waals surface area contributed by atoms with Gasteiger partial charge in [-0.3, -0.25) is 14.2 Å². The Bertz CT molecular complexity index is 1300. The molecule has 0 saturated carbocycles. The van der Waals surface area contributed by atoms with Gasteiger partial charge in [0, 0.05) is 12.1 Å². The number of para-hydroxylation sites is 1. The first-order chi connectivity index (χ1) is 15.1. The van der Waals surface area contributed by atoms with Crippen LogP contribution in [0.1, 0.15) is 15.9 Å². The van der Waals surface area contributed by atoms with E-state index >= 15 is 0 Å². The SMILES string of the molecule is COc1ccccc1C(=O)NCCn1ncc2c(=O)n(Cc3ccccc3F)cnc21. The van der Waals surface area contributed by atoms with E-state index in [-0.39, 0.29) is 30.4 Å². The summed E-state index contributed by atoms with van der Waals surface area (Å²) < 4.78 is 22.0. The molecule has 0 saturated heterocycles. The van der Waals surface area contributed by atoms with Gasteiger partial charge in [0.25, 0.3) is 11.5 Å². The zero-order valence-corrected chi connectivity index (χ0v) is 16.8. The molecule has 0 radical (unpaired) electrons. The van der Waals surface area contributed by atoms with Gasteiger partial charge in [0.1, 0.15) is 23.3 Å². The largest absolute Gasteiger partial charge is 0.496 e. The molecule has 0 aliphatic carbocycles. The molecule has 0 fully saturated rings. The van der Waals surface area contributed by atoms with Crippen molar-refractivity contribution in [1.29, 1.82) is 0 Å². The summed E-state index contributed by atoms with van der Waals surface area (Å²) in [5, 5.41) is 7.35. The maximum atomic E-state index is 13.9. The van der Waals surface area contributed by atoms with Crippen molar-refractivity contribution in [3.05, 3.63) is 88.4 Å². The van der Waals surface area contributed by atoms with Gasteiger partial charge in [-0.25, -0.2) is 14.1 Å². The Balaban J connectivity index is 1.47. The second kappa shape index (κ2) is 8.78. The lowest BCUT2D eigenvalue weighted by atomic mass is 10.2. The Labute approximate surface area is 176 Å². The van der Waals surface area contributed by atoms with Crippen LogP contribution in [-0.4, -0.2) is 38.9 Å². The number of aromatic nitrogens is 4. The number of halogens is 1. The van der Waals surface area contributed by atoms with Crippen LogP contribution in [0.4, 0.5) is 4.39 Å². The molecule has 1 N–H and O–H groups in total. The maximum Gasteiger partial charge on any atom is 0.264 e. The molecule has 2 aromatic heterocycles. The molecule has 2 aromatic carbocycles. The molecule has 0 aliphatic rings. The van der Waals surface area contributed by atoms with Crippen LogP contribution in [0.25, 0.3) is 11.0 Å². The van der Waals surface area contributed by atoms with E-state index in [9.17, 15) is 14.0 Å². The summed E-state index contributed by atoms with van der Waals surface area (Å²) in [5.74, 6) is -0.160. The number of nitrogens with one attached hydrogen (secondary N) is 1. The van der Waals surface area contributed by atoms with Crippen LogP contribution in [0.2, 0.25) is 0 Å². The van der Waals surface area contributed by atoms with Crippen LogP contribution >= 0.6 is 0 Å². The van der Waals surface area contributed by atoms with Crippen LogP contribution in [0.5, 0.6) is 5.75 Å². The molecule has 31 heavy (non-hydrogen) atoms.